The zero-order valence-electron chi connectivity index (χ0n) is 8.74. The minimum absolute atomic E-state index is 0.209. The number of fused-ring (bicyclic) bond motifs is 1. The van der Waals surface area contributed by atoms with Crippen LogP contribution in [0.25, 0.3) is 0 Å². The van der Waals surface area contributed by atoms with Gasteiger partial charge in [-0.2, -0.15) is 0 Å². The van der Waals surface area contributed by atoms with Gasteiger partial charge in [-0.1, -0.05) is 23.7 Å². The van der Waals surface area contributed by atoms with Crippen molar-refractivity contribution < 1.29 is 15.0 Å². The van der Waals surface area contributed by atoms with Crippen molar-refractivity contribution in [3.63, 3.8) is 0 Å². The standard InChI is InChI=1S/C12H13ClO3/c13-10-3-1-2-8-6-12(16,7-11(14)15)5-4-9(8)10/h1-3,16H,4-7H2,(H,14,15). The van der Waals surface area contributed by atoms with Gasteiger partial charge in [0.2, 0.25) is 0 Å². The summed E-state index contributed by atoms with van der Waals surface area (Å²) in [5, 5.41) is 19.6. The van der Waals surface area contributed by atoms with Crippen LogP contribution in [0.5, 0.6) is 0 Å². The monoisotopic (exact) mass is 240 g/mol. The van der Waals surface area contributed by atoms with Crippen molar-refractivity contribution >= 4 is 17.6 Å². The fraction of sp³-hybridized carbons (Fsp3) is 0.417. The van der Waals surface area contributed by atoms with E-state index in [-0.39, 0.29) is 6.42 Å². The molecule has 1 aliphatic rings. The normalized spacial score (nSPS) is 23.9. The Labute approximate surface area is 98.7 Å². The second-order valence-corrected chi connectivity index (χ2v) is 4.76. The maximum atomic E-state index is 10.7. The molecule has 4 heteroatoms. The highest BCUT2D eigenvalue weighted by Crippen LogP contribution is 2.34. The van der Waals surface area contributed by atoms with Gasteiger partial charge in [0.1, 0.15) is 0 Å². The van der Waals surface area contributed by atoms with Gasteiger partial charge in [-0.25, -0.2) is 0 Å². The van der Waals surface area contributed by atoms with Crippen LogP contribution in [0.3, 0.4) is 0 Å². The van der Waals surface area contributed by atoms with Crippen molar-refractivity contribution in [2.75, 3.05) is 0 Å². The van der Waals surface area contributed by atoms with Crippen molar-refractivity contribution in [2.24, 2.45) is 0 Å². The average molecular weight is 241 g/mol. The van der Waals surface area contributed by atoms with Gasteiger partial charge in [0.05, 0.1) is 12.0 Å². The third kappa shape index (κ3) is 2.20. The summed E-state index contributed by atoms with van der Waals surface area (Å²) in [7, 11) is 0. The van der Waals surface area contributed by atoms with Crippen molar-refractivity contribution in [1.82, 2.24) is 0 Å². The molecular weight excluding hydrogens is 228 g/mol. The van der Waals surface area contributed by atoms with Crippen molar-refractivity contribution in [3.8, 4) is 0 Å². The van der Waals surface area contributed by atoms with Gasteiger partial charge < -0.3 is 10.2 Å². The Balaban J connectivity index is 2.27. The van der Waals surface area contributed by atoms with Gasteiger partial charge in [-0.15, -0.1) is 0 Å². The van der Waals surface area contributed by atoms with Crippen LogP contribution in [0.2, 0.25) is 5.02 Å². The number of carboxylic acids is 1. The number of halogens is 1. The zero-order valence-corrected chi connectivity index (χ0v) is 9.50. The molecule has 2 N–H and O–H groups in total. The van der Waals surface area contributed by atoms with E-state index in [1.807, 2.05) is 18.2 Å². The first-order valence-electron chi connectivity index (χ1n) is 5.21. The zero-order chi connectivity index (χ0) is 11.8. The van der Waals surface area contributed by atoms with E-state index in [4.69, 9.17) is 16.7 Å². The van der Waals surface area contributed by atoms with Gasteiger partial charge >= 0.3 is 5.97 Å². The molecular formula is C12H13ClO3. The molecule has 0 radical (unpaired) electrons. The first-order valence-corrected chi connectivity index (χ1v) is 5.58. The minimum atomic E-state index is -1.12. The van der Waals surface area contributed by atoms with Crippen LogP contribution >= 0.6 is 11.6 Å². The largest absolute Gasteiger partial charge is 0.481 e. The molecule has 86 valence electrons. The molecule has 0 aliphatic heterocycles. The van der Waals surface area contributed by atoms with Gasteiger partial charge in [-0.05, 0) is 30.0 Å². The van der Waals surface area contributed by atoms with Crippen LogP contribution in [0, 0.1) is 0 Å². The van der Waals surface area contributed by atoms with Crippen molar-refractivity contribution in [1.29, 1.82) is 0 Å². The molecule has 0 saturated carbocycles. The summed E-state index contributed by atoms with van der Waals surface area (Å²) in [5.74, 6) is -0.965. The molecule has 0 amide bonds. The highest BCUT2D eigenvalue weighted by Gasteiger charge is 2.34. The number of aliphatic hydroxyl groups is 1. The summed E-state index contributed by atoms with van der Waals surface area (Å²) >= 11 is 6.04. The molecule has 1 aromatic carbocycles. The molecule has 3 nitrogen and oxygen atoms in total. The third-order valence-corrected chi connectivity index (χ3v) is 3.41. The van der Waals surface area contributed by atoms with E-state index >= 15 is 0 Å². The van der Waals surface area contributed by atoms with Crippen molar-refractivity contribution in [3.05, 3.63) is 34.3 Å². The first kappa shape index (κ1) is 11.4. The quantitative estimate of drug-likeness (QED) is 0.832. The molecule has 16 heavy (non-hydrogen) atoms. The van der Waals surface area contributed by atoms with E-state index in [0.29, 0.717) is 24.3 Å². The number of hydrogen-bond acceptors (Lipinski definition) is 2. The van der Waals surface area contributed by atoms with Gasteiger partial charge in [-0.3, -0.25) is 4.79 Å². The molecule has 0 heterocycles. The van der Waals surface area contributed by atoms with E-state index in [1.54, 1.807) is 0 Å². The first-order chi connectivity index (χ1) is 7.50. The predicted molar refractivity (Wildman–Crippen MR) is 60.7 cm³/mol. The summed E-state index contributed by atoms with van der Waals surface area (Å²) in [6.07, 6.45) is 1.25. The Morgan fingerprint density at radius 1 is 1.50 bits per heavy atom. The summed E-state index contributed by atoms with van der Waals surface area (Å²) in [6, 6.07) is 5.54. The fourth-order valence-electron chi connectivity index (χ4n) is 2.28. The van der Waals surface area contributed by atoms with Crippen LogP contribution in [0.1, 0.15) is 24.0 Å². The van der Waals surface area contributed by atoms with Gasteiger partial charge in [0.15, 0.2) is 0 Å². The molecule has 0 fully saturated rings. The number of carbonyl (C=O) groups is 1. The lowest BCUT2D eigenvalue weighted by atomic mass is 9.79. The molecule has 1 unspecified atom stereocenters. The average Bonchev–Trinajstić information content (AvgIpc) is 2.15. The van der Waals surface area contributed by atoms with Crippen LogP contribution < -0.4 is 0 Å². The van der Waals surface area contributed by atoms with Crippen LogP contribution in [-0.2, 0) is 17.6 Å². The molecule has 0 saturated heterocycles. The van der Waals surface area contributed by atoms with E-state index in [9.17, 15) is 9.90 Å². The van der Waals surface area contributed by atoms with Crippen molar-refractivity contribution in [2.45, 2.75) is 31.3 Å². The predicted octanol–water partition coefficient (Wildman–Crippen LogP) is 2.03. The number of carboxylic acid groups (broad SMARTS) is 1. The van der Waals surface area contributed by atoms with E-state index in [0.717, 1.165) is 11.1 Å². The number of hydrogen-bond donors (Lipinski definition) is 2. The van der Waals surface area contributed by atoms with Crippen LogP contribution in [0.15, 0.2) is 18.2 Å². The second-order valence-electron chi connectivity index (χ2n) is 4.35. The number of rotatable bonds is 2. The summed E-state index contributed by atoms with van der Waals surface area (Å²) < 4.78 is 0. The topological polar surface area (TPSA) is 57.5 Å². The second kappa shape index (κ2) is 4.07. The molecule has 0 aromatic heterocycles. The minimum Gasteiger partial charge on any atom is -0.481 e. The van der Waals surface area contributed by atoms with E-state index in [1.165, 1.54) is 0 Å². The van der Waals surface area contributed by atoms with Gasteiger partial charge in [0, 0.05) is 11.4 Å². The highest BCUT2D eigenvalue weighted by molar-refractivity contribution is 6.31. The Kier molecular flexibility index (Phi) is 2.91. The van der Waals surface area contributed by atoms with E-state index in [2.05, 4.69) is 0 Å². The molecule has 1 aromatic rings. The molecule has 0 spiro atoms. The molecule has 1 aliphatic carbocycles. The maximum absolute atomic E-state index is 10.7. The van der Waals surface area contributed by atoms with Crippen LogP contribution in [0.4, 0.5) is 0 Å². The lowest BCUT2D eigenvalue weighted by Crippen LogP contribution is -2.38. The SMILES string of the molecule is O=C(O)CC1(O)CCc2c(Cl)cccc2C1. The van der Waals surface area contributed by atoms with Crippen LogP contribution in [-0.4, -0.2) is 21.8 Å². The highest BCUT2D eigenvalue weighted by atomic mass is 35.5. The summed E-state index contributed by atoms with van der Waals surface area (Å²) in [6.45, 7) is 0. The number of aliphatic carboxylic acids is 1. The molecule has 2 rings (SSSR count). The Morgan fingerprint density at radius 3 is 2.94 bits per heavy atom. The smallest absolute Gasteiger partial charge is 0.306 e. The van der Waals surface area contributed by atoms with E-state index < -0.39 is 11.6 Å². The lowest BCUT2D eigenvalue weighted by Gasteiger charge is -2.32. The Bertz CT molecular complexity index is 430. The molecule has 1 atom stereocenters. The Morgan fingerprint density at radius 2 is 2.25 bits per heavy atom. The van der Waals surface area contributed by atoms with Gasteiger partial charge in [0.25, 0.3) is 0 Å². The number of benzene rings is 1. The third-order valence-electron chi connectivity index (χ3n) is 3.06. The summed E-state index contributed by atoms with van der Waals surface area (Å²) in [5.41, 5.74) is 0.880. The Hall–Kier alpha value is -1.06. The molecule has 0 bridgehead atoms. The maximum Gasteiger partial charge on any atom is 0.306 e. The summed E-state index contributed by atoms with van der Waals surface area (Å²) in [4.78, 5) is 10.7. The lowest BCUT2D eigenvalue weighted by molar-refractivity contribution is -0.143. The fourth-order valence-corrected chi connectivity index (χ4v) is 2.57.